The van der Waals surface area contributed by atoms with Crippen LogP contribution in [0, 0.1) is 0 Å². The van der Waals surface area contributed by atoms with Gasteiger partial charge in [0.05, 0.1) is 5.02 Å². The summed E-state index contributed by atoms with van der Waals surface area (Å²) >= 11 is 7.64. The van der Waals surface area contributed by atoms with Crippen LogP contribution in [-0.4, -0.2) is 14.8 Å². The van der Waals surface area contributed by atoms with E-state index in [0.717, 1.165) is 15.7 Å². The van der Waals surface area contributed by atoms with Crippen molar-refractivity contribution < 1.29 is 0 Å². The van der Waals surface area contributed by atoms with Gasteiger partial charge in [-0.1, -0.05) is 11.6 Å². The summed E-state index contributed by atoms with van der Waals surface area (Å²) in [7, 11) is 0. The summed E-state index contributed by atoms with van der Waals surface area (Å²) in [5.74, 6) is 0.900. The zero-order valence-corrected chi connectivity index (χ0v) is 11.4. The maximum Gasteiger partial charge on any atom is 0.138 e. The van der Waals surface area contributed by atoms with Gasteiger partial charge in [0.2, 0.25) is 0 Å². The van der Waals surface area contributed by atoms with Gasteiger partial charge in [0.25, 0.3) is 0 Å². The van der Waals surface area contributed by atoms with Crippen LogP contribution in [0.1, 0.15) is 36.6 Å². The minimum atomic E-state index is -0.121. The monoisotopic (exact) mass is 270 g/mol. The molecule has 0 aromatic carbocycles. The molecule has 2 aromatic rings. The molecule has 0 saturated heterocycles. The van der Waals surface area contributed by atoms with Crippen LogP contribution in [0.3, 0.4) is 0 Å². The third-order valence-electron chi connectivity index (χ3n) is 2.52. The summed E-state index contributed by atoms with van der Waals surface area (Å²) in [5, 5.41) is 6.88. The van der Waals surface area contributed by atoms with Gasteiger partial charge in [0, 0.05) is 23.4 Å². The highest BCUT2D eigenvalue weighted by Gasteiger charge is 2.16. The fourth-order valence-electron chi connectivity index (χ4n) is 1.71. The quantitative estimate of drug-likeness (QED) is 0.929. The Morgan fingerprint density at radius 3 is 2.88 bits per heavy atom. The van der Waals surface area contributed by atoms with E-state index in [1.54, 1.807) is 17.7 Å². The Labute approximate surface area is 109 Å². The number of rotatable bonds is 4. The average molecular weight is 271 g/mol. The number of halogens is 1. The Bertz CT molecular complexity index is 491. The van der Waals surface area contributed by atoms with E-state index in [2.05, 4.69) is 23.9 Å². The first kappa shape index (κ1) is 12.5. The number of hydrogen-bond donors (Lipinski definition) is 1. The van der Waals surface area contributed by atoms with Crippen molar-refractivity contribution in [3.05, 3.63) is 33.5 Å². The summed E-state index contributed by atoms with van der Waals surface area (Å²) in [6.07, 6.45) is 2.22. The summed E-state index contributed by atoms with van der Waals surface area (Å²) < 4.78 is 1.89. The molecule has 17 heavy (non-hydrogen) atoms. The highest BCUT2D eigenvalue weighted by atomic mass is 35.5. The molecule has 0 radical (unpaired) electrons. The maximum absolute atomic E-state index is 6.15. The van der Waals surface area contributed by atoms with Crippen molar-refractivity contribution in [2.75, 3.05) is 0 Å². The van der Waals surface area contributed by atoms with Gasteiger partial charge in [-0.25, -0.2) is 9.67 Å². The second-order valence-corrected chi connectivity index (χ2v) is 5.51. The first-order valence-electron chi connectivity index (χ1n) is 5.46. The van der Waals surface area contributed by atoms with Crippen LogP contribution >= 0.6 is 22.9 Å². The van der Waals surface area contributed by atoms with E-state index in [1.165, 1.54) is 0 Å². The lowest BCUT2D eigenvalue weighted by atomic mass is 10.1. The van der Waals surface area contributed by atoms with Crippen LogP contribution in [0.5, 0.6) is 0 Å². The summed E-state index contributed by atoms with van der Waals surface area (Å²) in [4.78, 5) is 5.25. The highest BCUT2D eigenvalue weighted by Crippen LogP contribution is 2.29. The lowest BCUT2D eigenvalue weighted by molar-refractivity contribution is 0.494. The largest absolute Gasteiger partial charge is 0.323 e. The van der Waals surface area contributed by atoms with Gasteiger partial charge in [-0.05, 0) is 25.3 Å². The predicted molar refractivity (Wildman–Crippen MR) is 70.4 cm³/mol. The first-order valence-corrected chi connectivity index (χ1v) is 6.72. The van der Waals surface area contributed by atoms with Crippen LogP contribution < -0.4 is 5.73 Å². The standard InChI is InChI=1S/C11H15ClN4S/c1-7(2)16-10(14-6-15-16)5-9(13)11-8(12)3-4-17-11/h3-4,6-7,9H,5,13H2,1-2H3. The minimum Gasteiger partial charge on any atom is -0.323 e. The molecule has 2 rings (SSSR count). The van der Waals surface area contributed by atoms with Gasteiger partial charge in [-0.2, -0.15) is 5.10 Å². The molecule has 1 atom stereocenters. The summed E-state index contributed by atoms with van der Waals surface area (Å²) in [6.45, 7) is 4.14. The Morgan fingerprint density at radius 2 is 2.29 bits per heavy atom. The number of hydrogen-bond acceptors (Lipinski definition) is 4. The fraction of sp³-hybridized carbons (Fsp3) is 0.455. The van der Waals surface area contributed by atoms with Crippen molar-refractivity contribution in [3.63, 3.8) is 0 Å². The van der Waals surface area contributed by atoms with E-state index in [-0.39, 0.29) is 6.04 Å². The predicted octanol–water partition coefficient (Wildman–Crippen LogP) is 2.82. The van der Waals surface area contributed by atoms with E-state index < -0.39 is 0 Å². The fourth-order valence-corrected chi connectivity index (χ4v) is 2.91. The molecule has 1 unspecified atom stereocenters. The molecule has 0 fully saturated rings. The van der Waals surface area contributed by atoms with Crippen molar-refractivity contribution in [1.29, 1.82) is 0 Å². The zero-order valence-electron chi connectivity index (χ0n) is 9.80. The third kappa shape index (κ3) is 2.68. The van der Waals surface area contributed by atoms with Crippen LogP contribution in [-0.2, 0) is 6.42 Å². The molecule has 2 heterocycles. The van der Waals surface area contributed by atoms with E-state index in [4.69, 9.17) is 17.3 Å². The van der Waals surface area contributed by atoms with Crippen molar-refractivity contribution in [2.45, 2.75) is 32.4 Å². The zero-order chi connectivity index (χ0) is 12.4. The second kappa shape index (κ2) is 5.16. The average Bonchev–Trinajstić information content (AvgIpc) is 2.86. The Morgan fingerprint density at radius 1 is 1.53 bits per heavy atom. The van der Waals surface area contributed by atoms with Crippen molar-refractivity contribution >= 4 is 22.9 Å². The Balaban J connectivity index is 2.16. The molecule has 4 nitrogen and oxygen atoms in total. The third-order valence-corrected chi connectivity index (χ3v) is 4.01. The lowest BCUT2D eigenvalue weighted by Crippen LogP contribution is -2.17. The summed E-state index contributed by atoms with van der Waals surface area (Å²) in [6, 6.07) is 2.04. The van der Waals surface area contributed by atoms with E-state index in [1.807, 2.05) is 16.1 Å². The molecule has 92 valence electrons. The molecule has 0 aliphatic heterocycles. The van der Waals surface area contributed by atoms with Crippen LogP contribution in [0.2, 0.25) is 5.02 Å². The molecular weight excluding hydrogens is 256 g/mol. The number of nitrogens with two attached hydrogens (primary N) is 1. The van der Waals surface area contributed by atoms with Crippen molar-refractivity contribution in [2.24, 2.45) is 5.73 Å². The normalized spacial score (nSPS) is 13.2. The van der Waals surface area contributed by atoms with Gasteiger partial charge in [0.1, 0.15) is 12.2 Å². The van der Waals surface area contributed by atoms with Gasteiger partial charge in [0.15, 0.2) is 0 Å². The number of thiophene rings is 1. The topological polar surface area (TPSA) is 56.7 Å². The SMILES string of the molecule is CC(C)n1ncnc1CC(N)c1sccc1Cl. The van der Waals surface area contributed by atoms with Gasteiger partial charge in [-0.3, -0.25) is 0 Å². The van der Waals surface area contributed by atoms with Crippen LogP contribution in [0.4, 0.5) is 0 Å². The molecule has 2 aromatic heterocycles. The number of nitrogens with zero attached hydrogens (tertiary/aromatic N) is 3. The molecule has 0 aliphatic carbocycles. The molecule has 2 N–H and O–H groups in total. The van der Waals surface area contributed by atoms with Crippen LogP contribution in [0.25, 0.3) is 0 Å². The van der Waals surface area contributed by atoms with Gasteiger partial charge < -0.3 is 5.73 Å². The van der Waals surface area contributed by atoms with Crippen molar-refractivity contribution in [1.82, 2.24) is 14.8 Å². The summed E-state index contributed by atoms with van der Waals surface area (Å²) in [5.41, 5.74) is 6.15. The molecule has 0 spiro atoms. The van der Waals surface area contributed by atoms with Crippen molar-refractivity contribution in [3.8, 4) is 0 Å². The van der Waals surface area contributed by atoms with Gasteiger partial charge in [-0.15, -0.1) is 11.3 Å². The second-order valence-electron chi connectivity index (χ2n) is 4.16. The van der Waals surface area contributed by atoms with E-state index in [0.29, 0.717) is 12.5 Å². The molecule has 0 aliphatic rings. The molecule has 0 bridgehead atoms. The minimum absolute atomic E-state index is 0.121. The van der Waals surface area contributed by atoms with Crippen LogP contribution in [0.15, 0.2) is 17.8 Å². The molecule has 6 heteroatoms. The van der Waals surface area contributed by atoms with E-state index >= 15 is 0 Å². The van der Waals surface area contributed by atoms with E-state index in [9.17, 15) is 0 Å². The van der Waals surface area contributed by atoms with Gasteiger partial charge >= 0.3 is 0 Å². The molecule has 0 saturated carbocycles. The lowest BCUT2D eigenvalue weighted by Gasteiger charge is -2.13. The number of aromatic nitrogens is 3. The first-order chi connectivity index (χ1) is 8.09. The highest BCUT2D eigenvalue weighted by molar-refractivity contribution is 7.10. The Kier molecular flexibility index (Phi) is 3.81. The molecule has 0 amide bonds. The Hall–Kier alpha value is -0.910. The molecular formula is C11H15ClN4S. The maximum atomic E-state index is 6.15. The smallest absolute Gasteiger partial charge is 0.138 e.